The van der Waals surface area contributed by atoms with Crippen LogP contribution < -0.4 is 0 Å². The highest BCUT2D eigenvalue weighted by atomic mass is 16.2. The first kappa shape index (κ1) is 14.8. The molecule has 0 unspecified atom stereocenters. The molecule has 1 atom stereocenters. The molecule has 128 valence electrons. The zero-order valence-corrected chi connectivity index (χ0v) is 14.2. The maximum atomic E-state index is 13.2. The Bertz CT molecular complexity index is 899. The Labute approximate surface area is 145 Å². The van der Waals surface area contributed by atoms with Crippen LogP contribution in [-0.4, -0.2) is 31.5 Å². The summed E-state index contributed by atoms with van der Waals surface area (Å²) in [4.78, 5) is 27.3. The van der Waals surface area contributed by atoms with Gasteiger partial charge in [-0.2, -0.15) is 0 Å². The number of likely N-dealkylation sites (tertiary alicyclic amines) is 1. The maximum Gasteiger partial charge on any atom is 0.240 e. The number of aryl methyl sites for hydroxylation is 1. The van der Waals surface area contributed by atoms with Gasteiger partial charge < -0.3 is 4.57 Å². The molecular weight excluding hydrogens is 316 g/mol. The minimum absolute atomic E-state index is 0.0709. The molecule has 0 radical (unpaired) electrons. The fourth-order valence-corrected chi connectivity index (χ4v) is 4.41. The van der Waals surface area contributed by atoms with E-state index in [1.54, 1.807) is 0 Å². The Morgan fingerprint density at radius 1 is 1.20 bits per heavy atom. The molecule has 1 spiro atoms. The number of rotatable bonds is 3. The number of aromatic nitrogens is 3. The van der Waals surface area contributed by atoms with Gasteiger partial charge in [0.05, 0.1) is 12.0 Å². The smallest absolute Gasteiger partial charge is 0.240 e. The van der Waals surface area contributed by atoms with Crippen molar-refractivity contribution in [1.82, 2.24) is 19.7 Å². The monoisotopic (exact) mass is 336 g/mol. The van der Waals surface area contributed by atoms with E-state index >= 15 is 0 Å². The molecule has 2 heterocycles. The number of nitrogens with zero attached hydrogens (tertiary/aromatic N) is 4. The van der Waals surface area contributed by atoms with E-state index in [9.17, 15) is 9.59 Å². The molecule has 0 bridgehead atoms. The Kier molecular flexibility index (Phi) is 2.96. The average Bonchev–Trinajstić information content (AvgIpc) is 3.24. The third-order valence-electron chi connectivity index (χ3n) is 6.00. The first-order chi connectivity index (χ1) is 12.1. The minimum Gasteiger partial charge on any atom is -0.316 e. The van der Waals surface area contributed by atoms with Crippen LogP contribution in [0, 0.1) is 0 Å². The van der Waals surface area contributed by atoms with Crippen LogP contribution in [0.3, 0.4) is 0 Å². The summed E-state index contributed by atoms with van der Waals surface area (Å²) in [7, 11) is 1.93. The fourth-order valence-electron chi connectivity index (χ4n) is 4.41. The van der Waals surface area contributed by atoms with Crippen molar-refractivity contribution in [2.75, 3.05) is 0 Å². The highest BCUT2D eigenvalue weighted by molar-refractivity contribution is 6.09. The largest absolute Gasteiger partial charge is 0.316 e. The summed E-state index contributed by atoms with van der Waals surface area (Å²) in [5.41, 5.74) is 1.57. The topological polar surface area (TPSA) is 68.1 Å². The summed E-state index contributed by atoms with van der Waals surface area (Å²) < 4.78 is 1.95. The van der Waals surface area contributed by atoms with Crippen molar-refractivity contribution >= 4 is 11.8 Å². The van der Waals surface area contributed by atoms with Crippen molar-refractivity contribution in [3.05, 3.63) is 47.0 Å². The molecule has 0 N–H and O–H groups in total. The van der Waals surface area contributed by atoms with Gasteiger partial charge in [-0.25, -0.2) is 0 Å². The van der Waals surface area contributed by atoms with E-state index in [-0.39, 0.29) is 24.8 Å². The van der Waals surface area contributed by atoms with E-state index < -0.39 is 5.41 Å². The molecule has 5 rings (SSSR count). The first-order valence-electron chi connectivity index (χ1n) is 8.91. The van der Waals surface area contributed by atoms with Crippen LogP contribution >= 0.6 is 0 Å². The lowest BCUT2D eigenvalue weighted by Crippen LogP contribution is -2.37. The van der Waals surface area contributed by atoms with Crippen molar-refractivity contribution in [3.63, 3.8) is 0 Å². The average molecular weight is 336 g/mol. The molecule has 2 amide bonds. The van der Waals surface area contributed by atoms with E-state index in [0.29, 0.717) is 11.7 Å². The highest BCUT2D eigenvalue weighted by Crippen LogP contribution is 2.47. The van der Waals surface area contributed by atoms with Crippen molar-refractivity contribution in [1.29, 1.82) is 0 Å². The molecule has 3 aliphatic rings. The van der Waals surface area contributed by atoms with Crippen molar-refractivity contribution in [2.24, 2.45) is 7.05 Å². The Balaban J connectivity index is 1.46. The first-order valence-corrected chi connectivity index (χ1v) is 8.91. The lowest BCUT2D eigenvalue weighted by atomic mass is 9.80. The van der Waals surface area contributed by atoms with Crippen LogP contribution in [0.4, 0.5) is 0 Å². The third-order valence-corrected chi connectivity index (χ3v) is 6.00. The van der Waals surface area contributed by atoms with Gasteiger partial charge in [0.25, 0.3) is 0 Å². The molecule has 1 saturated heterocycles. The maximum absolute atomic E-state index is 13.2. The van der Waals surface area contributed by atoms with Gasteiger partial charge in [-0.15, -0.1) is 10.2 Å². The van der Waals surface area contributed by atoms with Gasteiger partial charge in [0.15, 0.2) is 5.82 Å². The van der Waals surface area contributed by atoms with E-state index in [2.05, 4.69) is 16.3 Å². The number of carbonyl (C=O) groups excluding carboxylic acids is 2. The van der Waals surface area contributed by atoms with Crippen LogP contribution in [0.1, 0.15) is 54.4 Å². The second kappa shape index (κ2) is 5.00. The number of fused-ring (bicyclic) bond motifs is 2. The molecule has 1 aliphatic heterocycles. The Morgan fingerprint density at radius 3 is 2.80 bits per heavy atom. The zero-order chi connectivity index (χ0) is 17.2. The van der Waals surface area contributed by atoms with E-state index in [4.69, 9.17) is 0 Å². The molecular formula is C19H20N4O2. The second-order valence-corrected chi connectivity index (χ2v) is 7.51. The second-order valence-electron chi connectivity index (χ2n) is 7.51. The van der Waals surface area contributed by atoms with E-state index in [0.717, 1.165) is 37.1 Å². The van der Waals surface area contributed by atoms with Gasteiger partial charge in [-0.3, -0.25) is 14.5 Å². The number of benzene rings is 1. The van der Waals surface area contributed by atoms with E-state index in [1.165, 1.54) is 10.5 Å². The molecule has 2 fully saturated rings. The molecule has 1 saturated carbocycles. The number of hydrogen-bond acceptors (Lipinski definition) is 4. The normalized spacial score (nSPS) is 25.2. The molecule has 2 aliphatic carbocycles. The third kappa shape index (κ3) is 2.03. The summed E-state index contributed by atoms with van der Waals surface area (Å²) in [6.07, 6.45) is 4.15. The van der Waals surface area contributed by atoms with Crippen molar-refractivity contribution < 1.29 is 9.59 Å². The van der Waals surface area contributed by atoms with Gasteiger partial charge >= 0.3 is 0 Å². The van der Waals surface area contributed by atoms with E-state index in [1.807, 2.05) is 29.8 Å². The zero-order valence-electron chi connectivity index (χ0n) is 14.2. The van der Waals surface area contributed by atoms with Crippen molar-refractivity contribution in [3.8, 4) is 0 Å². The SMILES string of the molecule is Cn1c(CN2C(=O)C[C@]3(CCc4ccccc43)C2=O)nnc1C1CC1. The van der Waals surface area contributed by atoms with Gasteiger partial charge in [0.1, 0.15) is 5.82 Å². The number of imide groups is 1. The Hall–Kier alpha value is -2.50. The molecule has 25 heavy (non-hydrogen) atoms. The summed E-state index contributed by atoms with van der Waals surface area (Å²) in [6, 6.07) is 8.02. The van der Waals surface area contributed by atoms with Crippen LogP contribution in [0.15, 0.2) is 24.3 Å². The minimum atomic E-state index is -0.661. The summed E-state index contributed by atoms with van der Waals surface area (Å²) in [5, 5.41) is 8.49. The quantitative estimate of drug-likeness (QED) is 0.802. The van der Waals surface area contributed by atoms with Crippen molar-refractivity contribution in [2.45, 2.75) is 50.0 Å². The number of amides is 2. The number of carbonyl (C=O) groups is 2. The Morgan fingerprint density at radius 2 is 2.00 bits per heavy atom. The highest BCUT2D eigenvalue weighted by Gasteiger charge is 2.55. The van der Waals surface area contributed by atoms with Crippen LogP contribution in [0.25, 0.3) is 0 Å². The van der Waals surface area contributed by atoms with Gasteiger partial charge in [-0.05, 0) is 36.8 Å². The standard InChI is InChI=1S/C19H20N4O2/c1-22-15(20-21-17(22)13-6-7-13)11-23-16(24)10-19(18(23)25)9-8-12-4-2-3-5-14(12)19/h2-5,13H,6-11H2,1H3/t19-/m0/s1. The molecule has 1 aromatic carbocycles. The van der Waals surface area contributed by atoms with Crippen LogP contribution in [0.2, 0.25) is 0 Å². The predicted molar refractivity (Wildman–Crippen MR) is 89.6 cm³/mol. The predicted octanol–water partition coefficient (Wildman–Crippen LogP) is 1.84. The van der Waals surface area contributed by atoms with Gasteiger partial charge in [0, 0.05) is 19.4 Å². The summed E-state index contributed by atoms with van der Waals surface area (Å²) in [6.45, 7) is 0.220. The summed E-state index contributed by atoms with van der Waals surface area (Å²) in [5.74, 6) is 1.97. The van der Waals surface area contributed by atoms with Crippen LogP contribution in [0.5, 0.6) is 0 Å². The molecule has 1 aromatic heterocycles. The summed E-state index contributed by atoms with van der Waals surface area (Å²) >= 11 is 0. The fraction of sp³-hybridized carbons (Fsp3) is 0.474. The lowest BCUT2D eigenvalue weighted by molar-refractivity contribution is -0.140. The molecule has 6 heteroatoms. The van der Waals surface area contributed by atoms with Gasteiger partial charge in [-0.1, -0.05) is 24.3 Å². The number of hydrogen-bond donors (Lipinski definition) is 0. The molecule has 6 nitrogen and oxygen atoms in total. The van der Waals surface area contributed by atoms with Gasteiger partial charge in [0.2, 0.25) is 11.8 Å². The molecule has 2 aromatic rings. The lowest BCUT2D eigenvalue weighted by Gasteiger charge is -2.22. The van der Waals surface area contributed by atoms with Crippen LogP contribution in [-0.2, 0) is 35.0 Å².